The van der Waals surface area contributed by atoms with E-state index in [9.17, 15) is 4.79 Å². The third kappa shape index (κ3) is 2.25. The molecule has 2 heteroatoms. The molecule has 1 saturated heterocycles. The number of ketones is 1. The molecule has 0 unspecified atom stereocenters. The quantitative estimate of drug-likeness (QED) is 0.826. The number of likely N-dealkylation sites (tertiary alicyclic amines) is 1. The van der Waals surface area contributed by atoms with Gasteiger partial charge < -0.3 is 4.90 Å². The van der Waals surface area contributed by atoms with Crippen molar-refractivity contribution in [2.45, 2.75) is 32.6 Å². The SMILES string of the molecule is CC(=O)CCN1CCC2=C(C)c3ccccc3[C@@H]2C1. The molecule has 19 heavy (non-hydrogen) atoms. The number of carbonyl (C=O) groups is 1. The molecule has 2 aliphatic rings. The Morgan fingerprint density at radius 1 is 1.37 bits per heavy atom. The van der Waals surface area contributed by atoms with Gasteiger partial charge in [-0.15, -0.1) is 0 Å². The van der Waals surface area contributed by atoms with Crippen molar-refractivity contribution >= 4 is 11.4 Å². The van der Waals surface area contributed by atoms with E-state index in [0.29, 0.717) is 18.1 Å². The third-order valence-corrected chi connectivity index (χ3v) is 4.56. The van der Waals surface area contributed by atoms with Crippen LogP contribution in [-0.4, -0.2) is 30.3 Å². The summed E-state index contributed by atoms with van der Waals surface area (Å²) in [5.41, 5.74) is 6.05. The molecule has 0 aromatic heterocycles. The van der Waals surface area contributed by atoms with E-state index in [0.717, 1.165) is 26.1 Å². The number of carbonyl (C=O) groups excluding carboxylic acids is 1. The highest BCUT2D eigenvalue weighted by atomic mass is 16.1. The summed E-state index contributed by atoms with van der Waals surface area (Å²) < 4.78 is 0. The lowest BCUT2D eigenvalue weighted by Gasteiger charge is -2.33. The molecule has 0 spiro atoms. The molecule has 100 valence electrons. The van der Waals surface area contributed by atoms with Gasteiger partial charge in [-0.3, -0.25) is 4.79 Å². The summed E-state index contributed by atoms with van der Waals surface area (Å²) in [5, 5.41) is 0. The van der Waals surface area contributed by atoms with Crippen LogP contribution in [0.5, 0.6) is 0 Å². The first-order chi connectivity index (χ1) is 9.16. The van der Waals surface area contributed by atoms with E-state index >= 15 is 0 Å². The molecule has 1 heterocycles. The molecule has 2 nitrogen and oxygen atoms in total. The lowest BCUT2D eigenvalue weighted by molar-refractivity contribution is -0.117. The van der Waals surface area contributed by atoms with E-state index in [1.807, 2.05) is 0 Å². The molecule has 0 bridgehead atoms. The lowest BCUT2D eigenvalue weighted by Crippen LogP contribution is -2.36. The van der Waals surface area contributed by atoms with E-state index in [1.54, 1.807) is 12.5 Å². The van der Waals surface area contributed by atoms with Crippen LogP contribution in [0.15, 0.2) is 29.8 Å². The summed E-state index contributed by atoms with van der Waals surface area (Å²) in [6.07, 6.45) is 1.84. The summed E-state index contributed by atoms with van der Waals surface area (Å²) >= 11 is 0. The smallest absolute Gasteiger partial charge is 0.131 e. The molecule has 1 aliphatic carbocycles. The number of hydrogen-bond donors (Lipinski definition) is 0. The summed E-state index contributed by atoms with van der Waals surface area (Å²) in [6.45, 7) is 7.05. The number of fused-ring (bicyclic) bond motifs is 3. The van der Waals surface area contributed by atoms with Crippen molar-refractivity contribution < 1.29 is 4.79 Å². The van der Waals surface area contributed by atoms with Gasteiger partial charge in [0.25, 0.3) is 0 Å². The van der Waals surface area contributed by atoms with Gasteiger partial charge in [-0.25, -0.2) is 0 Å². The minimum atomic E-state index is 0.296. The first-order valence-corrected chi connectivity index (χ1v) is 7.17. The van der Waals surface area contributed by atoms with E-state index in [1.165, 1.54) is 16.7 Å². The zero-order chi connectivity index (χ0) is 13.4. The minimum Gasteiger partial charge on any atom is -0.302 e. The maximum absolute atomic E-state index is 11.1. The Balaban J connectivity index is 1.80. The number of Topliss-reactive ketones (excluding diaryl/α,β-unsaturated/α-hetero) is 1. The second kappa shape index (κ2) is 4.93. The fourth-order valence-electron chi connectivity index (χ4n) is 3.48. The Bertz CT molecular complexity index is 544. The number of nitrogens with zero attached hydrogens (tertiary/aromatic N) is 1. The van der Waals surface area contributed by atoms with Gasteiger partial charge in [0.15, 0.2) is 0 Å². The van der Waals surface area contributed by atoms with Crippen LogP contribution in [0.3, 0.4) is 0 Å². The molecule has 1 fully saturated rings. The number of piperidine rings is 1. The van der Waals surface area contributed by atoms with Crippen LogP contribution in [0.1, 0.15) is 43.7 Å². The van der Waals surface area contributed by atoms with Gasteiger partial charge in [0.05, 0.1) is 0 Å². The van der Waals surface area contributed by atoms with Gasteiger partial charge >= 0.3 is 0 Å². The predicted octanol–water partition coefficient (Wildman–Crippen LogP) is 3.24. The molecule has 0 radical (unpaired) electrons. The van der Waals surface area contributed by atoms with Crippen molar-refractivity contribution in [3.63, 3.8) is 0 Å². The zero-order valence-corrected chi connectivity index (χ0v) is 11.8. The van der Waals surface area contributed by atoms with Crippen LogP contribution >= 0.6 is 0 Å². The first-order valence-electron chi connectivity index (χ1n) is 7.17. The number of hydrogen-bond acceptors (Lipinski definition) is 2. The molecular weight excluding hydrogens is 234 g/mol. The maximum atomic E-state index is 11.1. The lowest BCUT2D eigenvalue weighted by atomic mass is 9.89. The van der Waals surface area contributed by atoms with E-state index in [-0.39, 0.29) is 0 Å². The number of rotatable bonds is 3. The average molecular weight is 255 g/mol. The van der Waals surface area contributed by atoms with Crippen molar-refractivity contribution in [2.24, 2.45) is 0 Å². The van der Waals surface area contributed by atoms with Gasteiger partial charge in [0.1, 0.15) is 5.78 Å². The first kappa shape index (κ1) is 12.6. The van der Waals surface area contributed by atoms with Crippen LogP contribution < -0.4 is 0 Å². The molecule has 1 aliphatic heterocycles. The van der Waals surface area contributed by atoms with Crippen molar-refractivity contribution in [2.75, 3.05) is 19.6 Å². The Morgan fingerprint density at radius 3 is 2.95 bits per heavy atom. The highest BCUT2D eigenvalue weighted by molar-refractivity contribution is 5.77. The molecule has 1 aromatic carbocycles. The van der Waals surface area contributed by atoms with Crippen molar-refractivity contribution in [1.29, 1.82) is 0 Å². The van der Waals surface area contributed by atoms with Crippen molar-refractivity contribution in [3.05, 3.63) is 41.0 Å². The fraction of sp³-hybridized carbons (Fsp3) is 0.471. The molecule has 1 aromatic rings. The Labute approximate surface area is 115 Å². The normalized spacial score (nSPS) is 22.3. The van der Waals surface area contributed by atoms with Gasteiger partial charge in [0.2, 0.25) is 0 Å². The fourth-order valence-corrected chi connectivity index (χ4v) is 3.48. The monoisotopic (exact) mass is 255 g/mol. The van der Waals surface area contributed by atoms with Crippen molar-refractivity contribution in [3.8, 4) is 0 Å². The number of allylic oxidation sites excluding steroid dienone is 1. The standard InChI is InChI=1S/C17H21NO/c1-12(19)7-9-18-10-8-15-13(2)14-5-3-4-6-16(14)17(15)11-18/h3-6,17H,7-11H2,1-2H3/t17-/m1/s1. The van der Waals surface area contributed by atoms with Crippen LogP contribution in [0, 0.1) is 0 Å². The summed E-state index contributed by atoms with van der Waals surface area (Å²) in [6, 6.07) is 8.79. The van der Waals surface area contributed by atoms with Gasteiger partial charge in [-0.05, 0) is 37.0 Å². The van der Waals surface area contributed by atoms with Gasteiger partial charge in [0, 0.05) is 32.0 Å². The van der Waals surface area contributed by atoms with Crippen molar-refractivity contribution in [1.82, 2.24) is 4.90 Å². The number of benzene rings is 1. The molecule has 0 saturated carbocycles. The highest BCUT2D eigenvalue weighted by Crippen LogP contribution is 2.45. The third-order valence-electron chi connectivity index (χ3n) is 4.56. The second-order valence-electron chi connectivity index (χ2n) is 5.79. The largest absolute Gasteiger partial charge is 0.302 e. The van der Waals surface area contributed by atoms with Crippen LogP contribution in [0.2, 0.25) is 0 Å². The Morgan fingerprint density at radius 2 is 2.16 bits per heavy atom. The molecule has 0 N–H and O–H groups in total. The second-order valence-corrected chi connectivity index (χ2v) is 5.79. The maximum Gasteiger partial charge on any atom is 0.131 e. The van der Waals surface area contributed by atoms with E-state index in [4.69, 9.17) is 0 Å². The minimum absolute atomic E-state index is 0.296. The molecule has 0 amide bonds. The predicted molar refractivity (Wildman–Crippen MR) is 78.1 cm³/mol. The van der Waals surface area contributed by atoms with E-state index < -0.39 is 0 Å². The van der Waals surface area contributed by atoms with Gasteiger partial charge in [-0.1, -0.05) is 29.8 Å². The van der Waals surface area contributed by atoms with Crippen LogP contribution in [-0.2, 0) is 4.79 Å². The Hall–Kier alpha value is -1.41. The van der Waals surface area contributed by atoms with E-state index in [2.05, 4.69) is 36.1 Å². The topological polar surface area (TPSA) is 20.3 Å². The molecular formula is C17H21NO. The van der Waals surface area contributed by atoms with Crippen LogP contribution in [0.4, 0.5) is 0 Å². The zero-order valence-electron chi connectivity index (χ0n) is 11.8. The molecule has 1 atom stereocenters. The van der Waals surface area contributed by atoms with Crippen LogP contribution in [0.25, 0.3) is 5.57 Å². The Kier molecular flexibility index (Phi) is 3.28. The average Bonchev–Trinajstić information content (AvgIpc) is 2.71. The summed E-state index contributed by atoms with van der Waals surface area (Å²) in [5.74, 6) is 0.862. The summed E-state index contributed by atoms with van der Waals surface area (Å²) in [7, 11) is 0. The van der Waals surface area contributed by atoms with Gasteiger partial charge in [-0.2, -0.15) is 0 Å². The highest BCUT2D eigenvalue weighted by Gasteiger charge is 2.33. The molecule has 3 rings (SSSR count). The summed E-state index contributed by atoms with van der Waals surface area (Å²) in [4.78, 5) is 13.6.